The van der Waals surface area contributed by atoms with Crippen LogP contribution in [0.4, 0.5) is 0 Å². The van der Waals surface area contributed by atoms with Crippen LogP contribution < -0.4 is 10.9 Å². The van der Waals surface area contributed by atoms with E-state index in [1.807, 2.05) is 0 Å². The Bertz CT molecular complexity index is 1070. The van der Waals surface area contributed by atoms with Gasteiger partial charge in [-0.15, -0.1) is 0 Å². The predicted octanol–water partition coefficient (Wildman–Crippen LogP) is 2.04. The van der Waals surface area contributed by atoms with Crippen molar-refractivity contribution in [3.63, 3.8) is 0 Å². The molecule has 162 valence electrons. The van der Waals surface area contributed by atoms with Gasteiger partial charge in [0.25, 0.3) is 11.8 Å². The minimum absolute atomic E-state index is 0.0502. The number of aromatic hydroxyl groups is 4. The molecule has 0 aromatic heterocycles. The van der Waals surface area contributed by atoms with E-state index in [0.717, 1.165) is 12.1 Å². The minimum atomic E-state index is -0.605. The number of hydrogen-bond donors (Lipinski definition) is 6. The summed E-state index contributed by atoms with van der Waals surface area (Å²) in [5.41, 5.74) is 6.01. The Morgan fingerprint density at radius 2 is 0.906 bits per heavy atom. The van der Waals surface area contributed by atoms with Gasteiger partial charge in [0.15, 0.2) is 0 Å². The highest BCUT2D eigenvalue weighted by molar-refractivity contribution is 5.96. The highest BCUT2D eigenvalue weighted by Crippen LogP contribution is 2.21. The summed E-state index contributed by atoms with van der Waals surface area (Å²) in [6, 6.07) is 13.8. The van der Waals surface area contributed by atoms with Crippen LogP contribution in [0.3, 0.4) is 0 Å². The quantitative estimate of drug-likeness (QED) is 0.257. The van der Waals surface area contributed by atoms with Crippen molar-refractivity contribution in [3.8, 4) is 23.0 Å². The molecule has 0 aliphatic heterocycles. The maximum Gasteiger partial charge on any atom is 0.271 e. The van der Waals surface area contributed by atoms with Gasteiger partial charge in [-0.3, -0.25) is 9.59 Å². The Kier molecular flexibility index (Phi) is 6.66. The summed E-state index contributed by atoms with van der Waals surface area (Å²) in [4.78, 5) is 24.0. The number of benzene rings is 3. The highest BCUT2D eigenvalue weighted by atomic mass is 16.3. The van der Waals surface area contributed by atoms with Crippen LogP contribution in [0, 0.1) is 0 Å². The van der Waals surface area contributed by atoms with E-state index in [1.54, 1.807) is 24.3 Å². The Morgan fingerprint density at radius 3 is 1.22 bits per heavy atom. The number of nitrogens with one attached hydrogen (secondary N) is 2. The van der Waals surface area contributed by atoms with Gasteiger partial charge in [0.05, 0.1) is 12.4 Å². The van der Waals surface area contributed by atoms with Crippen LogP contribution in [-0.4, -0.2) is 44.7 Å². The molecule has 3 rings (SSSR count). The fraction of sp³-hybridized carbons (Fsp3) is 0. The van der Waals surface area contributed by atoms with Crippen LogP contribution in [0.25, 0.3) is 0 Å². The molecule has 0 bridgehead atoms. The normalized spacial score (nSPS) is 11.0. The van der Waals surface area contributed by atoms with Gasteiger partial charge in [0.1, 0.15) is 23.0 Å². The molecule has 0 heterocycles. The number of phenols is 4. The van der Waals surface area contributed by atoms with Gasteiger partial charge in [-0.25, -0.2) is 10.9 Å². The van der Waals surface area contributed by atoms with Crippen LogP contribution in [0.1, 0.15) is 31.8 Å². The number of nitrogens with zero attached hydrogens (tertiary/aromatic N) is 2. The Balaban J connectivity index is 1.54. The molecule has 10 nitrogen and oxygen atoms in total. The van der Waals surface area contributed by atoms with E-state index < -0.39 is 11.8 Å². The maximum absolute atomic E-state index is 12.0. The lowest BCUT2D eigenvalue weighted by molar-refractivity contribution is 0.0946. The van der Waals surface area contributed by atoms with Gasteiger partial charge in [-0.1, -0.05) is 24.3 Å². The summed E-state index contributed by atoms with van der Waals surface area (Å²) in [6.07, 6.45) is 2.80. The molecular formula is C22H18N4O6. The number of carbonyl (C=O) groups is 2. The zero-order chi connectivity index (χ0) is 23.1. The predicted molar refractivity (Wildman–Crippen MR) is 116 cm³/mol. The Labute approximate surface area is 181 Å². The largest absolute Gasteiger partial charge is 0.508 e. The zero-order valence-corrected chi connectivity index (χ0v) is 16.4. The van der Waals surface area contributed by atoms with Crippen molar-refractivity contribution >= 4 is 24.2 Å². The van der Waals surface area contributed by atoms with E-state index >= 15 is 0 Å². The second-order valence-electron chi connectivity index (χ2n) is 6.54. The second-order valence-corrected chi connectivity index (χ2v) is 6.54. The van der Waals surface area contributed by atoms with E-state index in [9.17, 15) is 30.0 Å². The summed E-state index contributed by atoms with van der Waals surface area (Å²) in [5, 5.41) is 45.3. The topological polar surface area (TPSA) is 164 Å². The molecule has 10 heteroatoms. The van der Waals surface area contributed by atoms with Crippen molar-refractivity contribution in [3.05, 3.63) is 82.9 Å². The molecule has 0 saturated carbocycles. The summed E-state index contributed by atoms with van der Waals surface area (Å²) in [7, 11) is 0. The molecule has 3 aromatic rings. The lowest BCUT2D eigenvalue weighted by atomic mass is 10.2. The fourth-order valence-electron chi connectivity index (χ4n) is 2.58. The molecule has 0 saturated heterocycles. The second kappa shape index (κ2) is 9.76. The van der Waals surface area contributed by atoms with Gasteiger partial charge in [0, 0.05) is 23.3 Å². The molecular weight excluding hydrogens is 416 g/mol. The molecule has 6 N–H and O–H groups in total. The average molecular weight is 434 g/mol. The number of hydrogen-bond acceptors (Lipinski definition) is 8. The first-order chi connectivity index (χ1) is 15.3. The summed E-state index contributed by atoms with van der Waals surface area (Å²) >= 11 is 0. The number of rotatable bonds is 6. The van der Waals surface area contributed by atoms with E-state index in [2.05, 4.69) is 21.1 Å². The Morgan fingerprint density at radius 1 is 0.594 bits per heavy atom. The molecule has 0 radical (unpaired) electrons. The van der Waals surface area contributed by atoms with Crippen molar-refractivity contribution in [1.82, 2.24) is 10.9 Å². The van der Waals surface area contributed by atoms with Gasteiger partial charge in [-0.05, 0) is 35.4 Å². The summed E-state index contributed by atoms with van der Waals surface area (Å²) in [5.74, 6) is -2.18. The van der Waals surface area contributed by atoms with E-state index in [4.69, 9.17) is 0 Å². The third kappa shape index (κ3) is 6.07. The SMILES string of the molecule is O=C(N/N=C\c1ccc(/C=N\NC(=O)c2cc(O)cc(O)c2)cc1)c1cc(O)cc(O)c1. The molecule has 0 aliphatic rings. The summed E-state index contributed by atoms with van der Waals surface area (Å²) < 4.78 is 0. The van der Waals surface area contributed by atoms with Crippen LogP contribution in [-0.2, 0) is 0 Å². The van der Waals surface area contributed by atoms with Crippen LogP contribution in [0.15, 0.2) is 70.9 Å². The van der Waals surface area contributed by atoms with E-state index in [0.29, 0.717) is 11.1 Å². The maximum atomic E-state index is 12.0. The van der Waals surface area contributed by atoms with Crippen LogP contribution in [0.2, 0.25) is 0 Å². The fourth-order valence-corrected chi connectivity index (χ4v) is 2.58. The molecule has 0 spiro atoms. The number of hydrazone groups is 2. The molecule has 0 fully saturated rings. The highest BCUT2D eigenvalue weighted by Gasteiger charge is 2.08. The van der Waals surface area contributed by atoms with E-state index in [-0.39, 0.29) is 34.1 Å². The molecule has 2 amide bonds. The van der Waals surface area contributed by atoms with Crippen molar-refractivity contribution in [1.29, 1.82) is 0 Å². The van der Waals surface area contributed by atoms with Crippen molar-refractivity contribution in [2.24, 2.45) is 10.2 Å². The lowest BCUT2D eigenvalue weighted by Gasteiger charge is -2.02. The van der Waals surface area contributed by atoms with Crippen LogP contribution in [0.5, 0.6) is 23.0 Å². The van der Waals surface area contributed by atoms with Crippen molar-refractivity contribution in [2.45, 2.75) is 0 Å². The van der Waals surface area contributed by atoms with Gasteiger partial charge < -0.3 is 20.4 Å². The molecule has 0 aliphatic carbocycles. The van der Waals surface area contributed by atoms with Crippen molar-refractivity contribution in [2.75, 3.05) is 0 Å². The molecule has 0 unspecified atom stereocenters. The minimum Gasteiger partial charge on any atom is -0.508 e. The monoisotopic (exact) mass is 434 g/mol. The zero-order valence-electron chi connectivity index (χ0n) is 16.4. The Hall–Kier alpha value is -4.86. The lowest BCUT2D eigenvalue weighted by Crippen LogP contribution is -2.17. The first-order valence-corrected chi connectivity index (χ1v) is 9.13. The first kappa shape index (κ1) is 21.8. The summed E-state index contributed by atoms with van der Waals surface area (Å²) in [6.45, 7) is 0. The van der Waals surface area contributed by atoms with Gasteiger partial charge in [0.2, 0.25) is 0 Å². The third-order valence-corrected chi connectivity index (χ3v) is 4.03. The average Bonchev–Trinajstić information content (AvgIpc) is 2.73. The molecule has 3 aromatic carbocycles. The van der Waals surface area contributed by atoms with Crippen molar-refractivity contribution < 1.29 is 30.0 Å². The van der Waals surface area contributed by atoms with Crippen LogP contribution >= 0.6 is 0 Å². The smallest absolute Gasteiger partial charge is 0.271 e. The molecule has 32 heavy (non-hydrogen) atoms. The molecule has 0 atom stereocenters. The first-order valence-electron chi connectivity index (χ1n) is 9.13. The number of phenolic OH excluding ortho intramolecular Hbond substituents is 4. The van der Waals surface area contributed by atoms with Gasteiger partial charge in [-0.2, -0.15) is 10.2 Å². The number of carbonyl (C=O) groups excluding carboxylic acids is 2. The standard InChI is InChI=1S/C22H18N4O6/c27-17-5-15(6-18(28)9-17)21(31)25-23-11-13-1-2-14(4-3-13)12-24-26-22(32)16-7-19(29)10-20(30)8-16/h1-12,27-30H,(H,25,31)(H,26,32)/b23-11-,24-12-. The number of amides is 2. The van der Waals surface area contributed by atoms with Gasteiger partial charge >= 0.3 is 0 Å². The van der Waals surface area contributed by atoms with E-state index in [1.165, 1.54) is 36.7 Å². The third-order valence-electron chi connectivity index (χ3n) is 4.03.